The molecule has 0 fully saturated rings. The second kappa shape index (κ2) is 3.98. The van der Waals surface area contributed by atoms with Crippen LogP contribution in [0.1, 0.15) is 10.5 Å². The third-order valence-electron chi connectivity index (χ3n) is 0.690. The molecule has 6 heteroatoms. The molecule has 1 aromatic rings. The molecule has 0 N–H and O–H groups in total. The molecule has 0 spiro atoms. The van der Waals surface area contributed by atoms with E-state index in [1.807, 2.05) is 0 Å². The summed E-state index contributed by atoms with van der Waals surface area (Å²) in [4.78, 5) is 13.4. The van der Waals surface area contributed by atoms with Gasteiger partial charge in [-0.2, -0.15) is 0 Å². The van der Waals surface area contributed by atoms with E-state index in [0.717, 1.165) is 12.5 Å². The second-order valence-electron chi connectivity index (χ2n) is 1.28. The van der Waals surface area contributed by atoms with Crippen molar-refractivity contribution in [3.05, 3.63) is 18.2 Å². The van der Waals surface area contributed by atoms with Crippen molar-refractivity contribution in [3.63, 3.8) is 0 Å². The van der Waals surface area contributed by atoms with E-state index in [4.69, 9.17) is 0 Å². The fraction of sp³-hybridized carbons (Fsp3) is 0. The Bertz CT molecular complexity index is 215. The zero-order valence-corrected chi connectivity index (χ0v) is 5.31. The second-order valence-corrected chi connectivity index (χ2v) is 1.28. The topological polar surface area (TPSA) is 78.8 Å². The van der Waals surface area contributed by atoms with Gasteiger partial charge in [0.1, 0.15) is 12.0 Å². The first-order valence-electron chi connectivity index (χ1n) is 2.15. The van der Waals surface area contributed by atoms with Gasteiger partial charge in [-0.25, -0.2) is 4.98 Å². The molecule has 0 amide bonds. The summed E-state index contributed by atoms with van der Waals surface area (Å²) in [5.41, 5.74) is -0.252. The molecule has 0 aliphatic carbocycles. The number of hydrogen-bond donors (Lipinski definition) is 0. The van der Waals surface area contributed by atoms with Gasteiger partial charge in [-0.3, -0.25) is 0 Å². The molecule has 0 aromatic carbocycles. The maximum absolute atomic E-state index is 9.95. The fourth-order valence-electron chi connectivity index (χ4n) is 0.341. The zero-order valence-electron chi connectivity index (χ0n) is 5.31. The van der Waals surface area contributed by atoms with Crippen molar-refractivity contribution in [3.8, 4) is 0 Å². The molecule has 5 nitrogen and oxygen atoms in total. The van der Waals surface area contributed by atoms with Gasteiger partial charge in [0, 0.05) is 0 Å². The Morgan fingerprint density at radius 2 is 2.30 bits per heavy atom. The summed E-state index contributed by atoms with van der Waals surface area (Å²) in [6, 6.07) is 0. The Morgan fingerprint density at radius 1 is 1.60 bits per heavy atom. The number of aromatic nitrogens is 3. The molecule has 0 atom stereocenters. The number of carboxylic acid groups (broad SMARTS) is 1. The van der Waals surface area contributed by atoms with Gasteiger partial charge < -0.3 is 9.90 Å². The number of carboxylic acids is 1. The Labute approximate surface area is 68.7 Å². The van der Waals surface area contributed by atoms with E-state index in [1.165, 1.54) is 0 Å². The standard InChI is InChI=1S/C4H3N3O2.Li/c8-4(9)3-1-5-2-6-7-3;/h1-2H,(H,8,9);/q;+1/p-1. The molecular weight excluding hydrogens is 129 g/mol. The molecule has 0 saturated heterocycles. The molecule has 1 heterocycles. The summed E-state index contributed by atoms with van der Waals surface area (Å²) in [5.74, 6) is -1.37. The van der Waals surface area contributed by atoms with E-state index in [-0.39, 0.29) is 24.6 Å². The largest absolute Gasteiger partial charge is 1.00 e. The van der Waals surface area contributed by atoms with E-state index >= 15 is 0 Å². The maximum atomic E-state index is 9.95. The Balaban J connectivity index is 0.000000810. The van der Waals surface area contributed by atoms with Gasteiger partial charge >= 0.3 is 18.9 Å². The zero-order chi connectivity index (χ0) is 6.69. The Morgan fingerprint density at radius 3 is 2.60 bits per heavy atom. The van der Waals surface area contributed by atoms with Crippen LogP contribution in [0.25, 0.3) is 0 Å². The van der Waals surface area contributed by atoms with Crippen LogP contribution in [-0.2, 0) is 0 Å². The van der Waals surface area contributed by atoms with Gasteiger partial charge in [-0.1, -0.05) is 0 Å². The summed E-state index contributed by atoms with van der Waals surface area (Å²) >= 11 is 0. The van der Waals surface area contributed by atoms with Crippen LogP contribution in [0.4, 0.5) is 0 Å². The molecule has 1 rings (SSSR count). The average Bonchev–Trinajstić information content (AvgIpc) is 1.90. The van der Waals surface area contributed by atoms with E-state index in [9.17, 15) is 9.90 Å². The summed E-state index contributed by atoms with van der Waals surface area (Å²) in [6.07, 6.45) is 2.22. The number of rotatable bonds is 1. The van der Waals surface area contributed by atoms with Gasteiger partial charge in [0.25, 0.3) is 0 Å². The van der Waals surface area contributed by atoms with Crippen LogP contribution in [0.15, 0.2) is 12.5 Å². The molecule has 0 radical (unpaired) electrons. The van der Waals surface area contributed by atoms with Gasteiger partial charge in [0.2, 0.25) is 0 Å². The first-order chi connectivity index (χ1) is 4.30. The van der Waals surface area contributed by atoms with Crippen LogP contribution in [0, 0.1) is 0 Å². The van der Waals surface area contributed by atoms with Crippen molar-refractivity contribution in [1.29, 1.82) is 0 Å². The predicted octanol–water partition coefficient (Wildman–Crippen LogP) is -4.76. The molecule has 0 saturated carbocycles. The predicted molar refractivity (Wildman–Crippen MR) is 24.2 cm³/mol. The fourth-order valence-corrected chi connectivity index (χ4v) is 0.341. The number of carbonyl (C=O) groups excluding carboxylic acids is 1. The van der Waals surface area contributed by atoms with Gasteiger partial charge in [-0.15, -0.1) is 10.2 Å². The third kappa shape index (κ3) is 2.13. The van der Waals surface area contributed by atoms with Gasteiger partial charge in [0.05, 0.1) is 12.2 Å². The summed E-state index contributed by atoms with van der Waals surface area (Å²) < 4.78 is 0. The average molecular weight is 131 g/mol. The molecule has 10 heavy (non-hydrogen) atoms. The minimum atomic E-state index is -1.37. The van der Waals surface area contributed by atoms with Crippen molar-refractivity contribution < 1.29 is 28.8 Å². The quantitative estimate of drug-likeness (QED) is 0.357. The van der Waals surface area contributed by atoms with E-state index < -0.39 is 5.97 Å². The van der Waals surface area contributed by atoms with Crippen molar-refractivity contribution >= 4 is 5.97 Å². The van der Waals surface area contributed by atoms with Gasteiger partial charge in [-0.05, 0) is 0 Å². The van der Waals surface area contributed by atoms with E-state index in [2.05, 4.69) is 15.2 Å². The third-order valence-corrected chi connectivity index (χ3v) is 0.690. The summed E-state index contributed by atoms with van der Waals surface area (Å²) in [6.45, 7) is 0. The van der Waals surface area contributed by atoms with Crippen LogP contribution in [0.2, 0.25) is 0 Å². The minimum Gasteiger partial charge on any atom is -0.543 e. The molecule has 0 aliphatic rings. The number of carbonyl (C=O) groups is 1. The molecule has 1 aromatic heterocycles. The first kappa shape index (κ1) is 9.08. The number of nitrogens with zero attached hydrogens (tertiary/aromatic N) is 3. The Hall–Kier alpha value is -0.923. The maximum Gasteiger partial charge on any atom is 1.00 e. The smallest absolute Gasteiger partial charge is 0.543 e. The van der Waals surface area contributed by atoms with E-state index in [1.54, 1.807) is 0 Å². The van der Waals surface area contributed by atoms with Crippen LogP contribution in [0.3, 0.4) is 0 Å². The van der Waals surface area contributed by atoms with Crippen molar-refractivity contribution in [2.45, 2.75) is 0 Å². The van der Waals surface area contributed by atoms with Crippen molar-refractivity contribution in [1.82, 2.24) is 15.2 Å². The molecule has 0 aliphatic heterocycles. The summed E-state index contributed by atoms with van der Waals surface area (Å²) in [5, 5.41) is 16.4. The van der Waals surface area contributed by atoms with Crippen LogP contribution in [-0.4, -0.2) is 21.2 Å². The van der Waals surface area contributed by atoms with Crippen molar-refractivity contribution in [2.75, 3.05) is 0 Å². The van der Waals surface area contributed by atoms with E-state index in [0.29, 0.717) is 0 Å². The number of hydrogen-bond acceptors (Lipinski definition) is 5. The SMILES string of the molecule is O=C([O-])c1cncnn1.[Li+]. The molecule has 46 valence electrons. The minimum absolute atomic E-state index is 0. The summed E-state index contributed by atoms with van der Waals surface area (Å²) in [7, 11) is 0. The molecular formula is C4H2LiN3O2. The molecule has 0 unspecified atom stereocenters. The Kier molecular flexibility index (Phi) is 3.62. The number of aromatic carboxylic acids is 1. The monoisotopic (exact) mass is 131 g/mol. The van der Waals surface area contributed by atoms with Crippen LogP contribution in [0.5, 0.6) is 0 Å². The van der Waals surface area contributed by atoms with Crippen LogP contribution >= 0.6 is 0 Å². The van der Waals surface area contributed by atoms with Crippen LogP contribution < -0.4 is 24.0 Å². The van der Waals surface area contributed by atoms with Crippen molar-refractivity contribution in [2.24, 2.45) is 0 Å². The first-order valence-corrected chi connectivity index (χ1v) is 2.15. The normalized spacial score (nSPS) is 8.00. The molecule has 0 bridgehead atoms. The van der Waals surface area contributed by atoms with Gasteiger partial charge in [0.15, 0.2) is 0 Å².